The monoisotopic (exact) mass is 1140 g/mol. The lowest BCUT2D eigenvalue weighted by atomic mass is 9.95. The van der Waals surface area contributed by atoms with Crippen molar-refractivity contribution in [1.82, 2.24) is 19.6 Å². The summed E-state index contributed by atoms with van der Waals surface area (Å²) in [5.41, 5.74) is 1.91. The Morgan fingerprint density at radius 2 is 0.610 bits per heavy atom. The molecule has 4 amide bonds. The zero-order chi connectivity index (χ0) is 58.8. The predicted octanol–water partition coefficient (Wildman–Crippen LogP) is 16.6. The highest BCUT2D eigenvalue weighted by Gasteiger charge is 2.36. The normalized spacial score (nSPS) is 13.9. The van der Waals surface area contributed by atoms with Gasteiger partial charge in [0.15, 0.2) is 0 Å². The summed E-state index contributed by atoms with van der Waals surface area (Å²) in [5.74, 6) is -0.140. The Labute approximate surface area is 498 Å². The van der Waals surface area contributed by atoms with E-state index in [9.17, 15) is 28.8 Å². The summed E-state index contributed by atoms with van der Waals surface area (Å²) >= 11 is 0. The Morgan fingerprint density at radius 3 is 0.927 bits per heavy atom. The van der Waals surface area contributed by atoms with Gasteiger partial charge in [-0.25, -0.2) is 0 Å². The number of nitrogens with zero attached hydrogens (tertiary/aromatic N) is 4. The van der Waals surface area contributed by atoms with Crippen LogP contribution in [0.2, 0.25) is 0 Å². The molecule has 462 valence electrons. The molecule has 0 saturated carbocycles. The maximum absolute atomic E-state index is 13.2. The molecular weight excluding hydrogens is 1020 g/mol. The van der Waals surface area contributed by atoms with Gasteiger partial charge in [-0.15, -0.1) is 0 Å². The molecule has 2 atom stereocenters. The first-order valence-corrected chi connectivity index (χ1v) is 33.8. The van der Waals surface area contributed by atoms with Gasteiger partial charge >= 0.3 is 11.9 Å². The number of carbonyl (C=O) groups excluding carboxylic acids is 6. The minimum Gasteiger partial charge on any atom is -0.465 e. The summed E-state index contributed by atoms with van der Waals surface area (Å²) in [6.45, 7) is 15.8. The van der Waals surface area contributed by atoms with Crippen molar-refractivity contribution in [3.8, 4) is 0 Å². The number of imide groups is 2. The molecule has 12 nitrogen and oxygen atoms in total. The minimum absolute atomic E-state index is 0.0825. The SMILES string of the molecule is CCCCCCCCC(CCCCCC)COC(=O)CCCCCN(CCCCN(CCCCCC(=O)OCC(CCCCCC)CCCCCCCC)CCCN1C(=O)c2ccccc2C1=O)CCCN1C(=O)c2ccccc2C1=O. The molecule has 82 heavy (non-hydrogen) atoms. The van der Waals surface area contributed by atoms with E-state index in [2.05, 4.69) is 37.5 Å². The Hall–Kier alpha value is -4.42. The topological polar surface area (TPSA) is 134 Å². The van der Waals surface area contributed by atoms with Crippen molar-refractivity contribution >= 4 is 35.6 Å². The summed E-state index contributed by atoms with van der Waals surface area (Å²) < 4.78 is 11.8. The van der Waals surface area contributed by atoms with Gasteiger partial charge in [0.1, 0.15) is 0 Å². The number of unbranched alkanes of at least 4 members (excludes halogenated alkanes) is 21. The summed E-state index contributed by atoms with van der Waals surface area (Å²) in [7, 11) is 0. The second kappa shape index (κ2) is 44.1. The number of hydrogen-bond acceptors (Lipinski definition) is 10. The van der Waals surface area contributed by atoms with Crippen LogP contribution < -0.4 is 0 Å². The Balaban J connectivity index is 1.28. The van der Waals surface area contributed by atoms with Crippen molar-refractivity contribution in [2.75, 3.05) is 65.6 Å². The predicted molar refractivity (Wildman–Crippen MR) is 334 cm³/mol. The molecule has 0 saturated heterocycles. The van der Waals surface area contributed by atoms with Gasteiger partial charge < -0.3 is 19.3 Å². The van der Waals surface area contributed by atoms with E-state index in [1.165, 1.54) is 138 Å². The van der Waals surface area contributed by atoms with Crippen LogP contribution in [0.4, 0.5) is 0 Å². The maximum atomic E-state index is 13.2. The lowest BCUT2D eigenvalue weighted by molar-refractivity contribution is -0.146. The second-order valence-corrected chi connectivity index (χ2v) is 24.2. The zero-order valence-corrected chi connectivity index (χ0v) is 52.4. The van der Waals surface area contributed by atoms with Gasteiger partial charge in [-0.2, -0.15) is 0 Å². The molecule has 0 aliphatic carbocycles. The molecule has 2 aliphatic heterocycles. The average molecular weight is 1140 g/mol. The van der Waals surface area contributed by atoms with E-state index in [1.54, 1.807) is 48.5 Å². The van der Waals surface area contributed by atoms with Gasteiger partial charge in [-0.1, -0.05) is 193 Å². The van der Waals surface area contributed by atoms with Gasteiger partial charge in [-0.3, -0.25) is 38.6 Å². The first-order chi connectivity index (χ1) is 40.1. The third-order valence-corrected chi connectivity index (χ3v) is 17.2. The van der Waals surface area contributed by atoms with Crippen LogP contribution in [-0.4, -0.2) is 121 Å². The van der Waals surface area contributed by atoms with Gasteiger partial charge in [0, 0.05) is 25.9 Å². The number of carbonyl (C=O) groups is 6. The second-order valence-electron chi connectivity index (χ2n) is 24.2. The Morgan fingerprint density at radius 1 is 0.354 bits per heavy atom. The van der Waals surface area contributed by atoms with Crippen LogP contribution in [0.5, 0.6) is 0 Å². The van der Waals surface area contributed by atoms with Crippen molar-refractivity contribution in [2.24, 2.45) is 11.8 Å². The van der Waals surface area contributed by atoms with Crippen LogP contribution in [0.25, 0.3) is 0 Å². The van der Waals surface area contributed by atoms with Crippen molar-refractivity contribution in [3.05, 3.63) is 70.8 Å². The number of esters is 2. The van der Waals surface area contributed by atoms with E-state index < -0.39 is 0 Å². The van der Waals surface area contributed by atoms with Crippen LogP contribution in [0.1, 0.15) is 300 Å². The van der Waals surface area contributed by atoms with Gasteiger partial charge in [-0.05, 0) is 152 Å². The van der Waals surface area contributed by atoms with Crippen LogP contribution in [0, 0.1) is 11.8 Å². The van der Waals surface area contributed by atoms with E-state index in [0.717, 1.165) is 116 Å². The molecule has 4 rings (SSSR count). The summed E-state index contributed by atoms with van der Waals surface area (Å²) in [6.07, 6.45) is 39.2. The number of rotatable bonds is 53. The summed E-state index contributed by atoms with van der Waals surface area (Å²) in [4.78, 5) is 86.6. The Bertz CT molecular complexity index is 1880. The van der Waals surface area contributed by atoms with Crippen LogP contribution in [0.3, 0.4) is 0 Å². The summed E-state index contributed by atoms with van der Waals surface area (Å²) in [6, 6.07) is 14.1. The molecule has 0 N–H and O–H groups in total. The van der Waals surface area contributed by atoms with E-state index in [0.29, 0.717) is 86.1 Å². The number of benzene rings is 2. The van der Waals surface area contributed by atoms with E-state index in [-0.39, 0.29) is 35.6 Å². The third-order valence-electron chi connectivity index (χ3n) is 17.2. The van der Waals surface area contributed by atoms with Crippen molar-refractivity contribution in [1.29, 1.82) is 0 Å². The quantitative estimate of drug-likeness (QED) is 0.0358. The summed E-state index contributed by atoms with van der Waals surface area (Å²) in [5, 5.41) is 0. The standard InChI is InChI=1S/C70H114N4O8/c1-5-9-13-17-19-25-41-59(39-23-15-11-7-3)57-81-65(75)47-27-21-33-49-71(53-37-55-73-67(77)61-43-29-30-44-62(61)68(73)78)51-35-36-52-72(54-38-56-74-69(79)63-45-31-32-46-64(63)70(74)80)50-34-22-28-48-66(76)82-58-60(40-24-16-12-8-4)42-26-20-18-14-10-6-2/h29-32,43-46,59-60H,5-28,33-42,47-58H2,1-4H3. The highest BCUT2D eigenvalue weighted by Crippen LogP contribution is 2.26. The van der Waals surface area contributed by atoms with Gasteiger partial charge in [0.25, 0.3) is 23.6 Å². The molecule has 0 bridgehead atoms. The largest absolute Gasteiger partial charge is 0.465 e. The Kier molecular flexibility index (Phi) is 37.7. The third kappa shape index (κ3) is 28.0. The molecule has 2 aromatic carbocycles. The molecule has 2 aromatic rings. The average Bonchev–Trinajstić information content (AvgIpc) is 4.10. The van der Waals surface area contributed by atoms with Crippen LogP contribution in [0.15, 0.2) is 48.5 Å². The highest BCUT2D eigenvalue weighted by atomic mass is 16.5. The van der Waals surface area contributed by atoms with Gasteiger partial charge in [0.2, 0.25) is 0 Å². The van der Waals surface area contributed by atoms with Gasteiger partial charge in [0.05, 0.1) is 35.5 Å². The lowest BCUT2D eigenvalue weighted by Gasteiger charge is -2.26. The number of hydrogen-bond donors (Lipinski definition) is 0. The van der Waals surface area contributed by atoms with E-state index in [4.69, 9.17) is 9.47 Å². The fourth-order valence-corrected chi connectivity index (χ4v) is 12.0. The fourth-order valence-electron chi connectivity index (χ4n) is 12.0. The molecule has 2 aliphatic rings. The minimum atomic E-state index is -0.219. The van der Waals surface area contributed by atoms with Crippen molar-refractivity contribution in [3.63, 3.8) is 0 Å². The van der Waals surface area contributed by atoms with E-state index >= 15 is 0 Å². The maximum Gasteiger partial charge on any atom is 0.305 e. The highest BCUT2D eigenvalue weighted by molar-refractivity contribution is 6.22. The number of ether oxygens (including phenoxy) is 2. The van der Waals surface area contributed by atoms with Crippen LogP contribution >= 0.6 is 0 Å². The molecular formula is C70H114N4O8. The zero-order valence-electron chi connectivity index (χ0n) is 52.4. The molecule has 0 aromatic heterocycles. The number of amides is 4. The van der Waals surface area contributed by atoms with Crippen LogP contribution in [-0.2, 0) is 19.1 Å². The molecule has 2 unspecified atom stereocenters. The van der Waals surface area contributed by atoms with E-state index in [1.807, 2.05) is 0 Å². The fraction of sp³-hybridized carbons (Fsp3) is 0.743. The molecule has 0 spiro atoms. The van der Waals surface area contributed by atoms with Crippen molar-refractivity contribution in [2.45, 2.75) is 259 Å². The molecule has 12 heteroatoms. The molecule has 0 radical (unpaired) electrons. The first kappa shape index (κ1) is 70.1. The molecule has 2 heterocycles. The van der Waals surface area contributed by atoms with Crippen molar-refractivity contribution < 1.29 is 38.2 Å². The lowest BCUT2D eigenvalue weighted by Crippen LogP contribution is -2.35. The first-order valence-electron chi connectivity index (χ1n) is 33.8. The smallest absolute Gasteiger partial charge is 0.305 e. The number of fused-ring (bicyclic) bond motifs is 2. The molecule has 0 fully saturated rings.